The maximum Gasteiger partial charge on any atom is 0.251 e. The number of anilines is 1. The van der Waals surface area contributed by atoms with Crippen LogP contribution in [0.4, 0.5) is 5.69 Å². The van der Waals surface area contributed by atoms with Gasteiger partial charge in [0.2, 0.25) is 5.88 Å². The van der Waals surface area contributed by atoms with Crippen molar-refractivity contribution in [3.63, 3.8) is 0 Å². The molecule has 0 unspecified atom stereocenters. The molecule has 1 amide bonds. The molecule has 1 N–H and O–H groups in total. The minimum atomic E-state index is -0.108. The number of nitrogens with one attached hydrogen (secondary N) is 1. The topological polar surface area (TPSA) is 54.5 Å². The molecule has 0 saturated heterocycles. The van der Waals surface area contributed by atoms with Crippen LogP contribution in [0.25, 0.3) is 0 Å². The molecule has 0 spiro atoms. The molecule has 5 nitrogen and oxygen atoms in total. The number of carbonyl (C=O) groups excluding carboxylic acids is 1. The molecule has 1 aromatic heterocycles. The van der Waals surface area contributed by atoms with E-state index in [1.807, 2.05) is 85.7 Å². The van der Waals surface area contributed by atoms with Gasteiger partial charge in [-0.3, -0.25) is 4.79 Å². The molecule has 1 heterocycles. The van der Waals surface area contributed by atoms with Gasteiger partial charge in [0.1, 0.15) is 6.61 Å². The van der Waals surface area contributed by atoms with E-state index < -0.39 is 0 Å². The third-order valence-corrected chi connectivity index (χ3v) is 4.13. The molecule has 3 aromatic rings. The smallest absolute Gasteiger partial charge is 0.251 e. The number of ether oxygens (including phenoxy) is 1. The Labute approximate surface area is 159 Å². The zero-order valence-electron chi connectivity index (χ0n) is 15.6. The highest BCUT2D eigenvalue weighted by Gasteiger charge is 2.07. The Balaban J connectivity index is 1.55. The highest BCUT2D eigenvalue weighted by molar-refractivity contribution is 5.94. The summed E-state index contributed by atoms with van der Waals surface area (Å²) in [7, 11) is 3.94. The van der Waals surface area contributed by atoms with Crippen molar-refractivity contribution in [2.24, 2.45) is 0 Å². The van der Waals surface area contributed by atoms with E-state index >= 15 is 0 Å². The second-order valence-electron chi connectivity index (χ2n) is 6.40. The van der Waals surface area contributed by atoms with Gasteiger partial charge in [0, 0.05) is 44.2 Å². The summed E-state index contributed by atoms with van der Waals surface area (Å²) in [6.45, 7) is 0.875. The summed E-state index contributed by atoms with van der Waals surface area (Å²) in [5.41, 5.74) is 3.71. The second kappa shape index (κ2) is 8.85. The highest BCUT2D eigenvalue weighted by atomic mass is 16.5. The minimum absolute atomic E-state index is 0.108. The Hall–Kier alpha value is -3.34. The van der Waals surface area contributed by atoms with Crippen LogP contribution in [0.1, 0.15) is 21.5 Å². The van der Waals surface area contributed by atoms with Crippen molar-refractivity contribution in [2.45, 2.75) is 13.2 Å². The van der Waals surface area contributed by atoms with E-state index in [2.05, 4.69) is 10.3 Å². The Morgan fingerprint density at radius 1 is 1.00 bits per heavy atom. The molecule has 3 rings (SSSR count). The first-order chi connectivity index (χ1) is 13.1. The predicted octanol–water partition coefficient (Wildman–Crippen LogP) is 3.66. The van der Waals surface area contributed by atoms with Gasteiger partial charge in [0.05, 0.1) is 0 Å². The molecule has 138 valence electrons. The van der Waals surface area contributed by atoms with Crippen molar-refractivity contribution in [2.75, 3.05) is 19.0 Å². The lowest BCUT2D eigenvalue weighted by Crippen LogP contribution is -2.23. The highest BCUT2D eigenvalue weighted by Crippen LogP contribution is 2.14. The van der Waals surface area contributed by atoms with Gasteiger partial charge in [-0.05, 0) is 41.5 Å². The number of hydrogen-bond acceptors (Lipinski definition) is 4. The molecule has 0 aliphatic carbocycles. The summed E-state index contributed by atoms with van der Waals surface area (Å²) >= 11 is 0. The third-order valence-electron chi connectivity index (χ3n) is 4.13. The normalized spacial score (nSPS) is 10.3. The minimum Gasteiger partial charge on any atom is -0.473 e. The molecule has 27 heavy (non-hydrogen) atoms. The van der Waals surface area contributed by atoms with Gasteiger partial charge < -0.3 is 15.0 Å². The van der Waals surface area contributed by atoms with Gasteiger partial charge in [0.15, 0.2) is 0 Å². The van der Waals surface area contributed by atoms with Crippen LogP contribution in [0.2, 0.25) is 0 Å². The van der Waals surface area contributed by atoms with E-state index in [-0.39, 0.29) is 5.91 Å². The molecule has 0 bridgehead atoms. The van der Waals surface area contributed by atoms with Crippen LogP contribution in [0.15, 0.2) is 72.9 Å². The van der Waals surface area contributed by atoms with Crippen molar-refractivity contribution < 1.29 is 9.53 Å². The SMILES string of the molecule is CN(C)c1ccc(C(=O)NCc2ccnc(OCc3ccccc3)c2)cc1. The van der Waals surface area contributed by atoms with E-state index in [1.54, 1.807) is 6.20 Å². The van der Waals surface area contributed by atoms with Crippen LogP contribution < -0.4 is 15.0 Å². The fourth-order valence-corrected chi connectivity index (χ4v) is 2.57. The number of nitrogens with zero attached hydrogens (tertiary/aromatic N) is 2. The molecule has 0 atom stereocenters. The quantitative estimate of drug-likeness (QED) is 0.698. The number of amides is 1. The molecular formula is C22H23N3O2. The first kappa shape index (κ1) is 18.5. The molecule has 0 saturated carbocycles. The summed E-state index contributed by atoms with van der Waals surface area (Å²) < 4.78 is 5.73. The van der Waals surface area contributed by atoms with Gasteiger partial charge in [-0.15, -0.1) is 0 Å². The molecule has 0 aliphatic heterocycles. The molecule has 2 aromatic carbocycles. The zero-order chi connectivity index (χ0) is 19.1. The maximum absolute atomic E-state index is 12.3. The lowest BCUT2D eigenvalue weighted by atomic mass is 10.2. The number of rotatable bonds is 7. The number of carbonyl (C=O) groups is 1. The van der Waals surface area contributed by atoms with Crippen molar-refractivity contribution in [3.05, 3.63) is 89.6 Å². The van der Waals surface area contributed by atoms with E-state index in [0.717, 1.165) is 16.8 Å². The Bertz CT molecular complexity index is 878. The predicted molar refractivity (Wildman–Crippen MR) is 107 cm³/mol. The van der Waals surface area contributed by atoms with Crippen molar-refractivity contribution in [1.82, 2.24) is 10.3 Å². The van der Waals surface area contributed by atoms with Crippen molar-refractivity contribution >= 4 is 11.6 Å². The van der Waals surface area contributed by atoms with Crippen LogP contribution >= 0.6 is 0 Å². The van der Waals surface area contributed by atoms with Gasteiger partial charge in [0.25, 0.3) is 5.91 Å². The number of aromatic nitrogens is 1. The van der Waals surface area contributed by atoms with Gasteiger partial charge >= 0.3 is 0 Å². The van der Waals surface area contributed by atoms with Crippen LogP contribution in [-0.4, -0.2) is 25.0 Å². The maximum atomic E-state index is 12.3. The van der Waals surface area contributed by atoms with E-state index in [0.29, 0.717) is 24.6 Å². The lowest BCUT2D eigenvalue weighted by Gasteiger charge is -2.12. The average Bonchev–Trinajstić information content (AvgIpc) is 2.71. The molecular weight excluding hydrogens is 338 g/mol. The first-order valence-corrected chi connectivity index (χ1v) is 8.79. The summed E-state index contributed by atoms with van der Waals surface area (Å²) in [4.78, 5) is 18.5. The first-order valence-electron chi connectivity index (χ1n) is 8.79. The summed E-state index contributed by atoms with van der Waals surface area (Å²) in [5.74, 6) is 0.435. The monoisotopic (exact) mass is 361 g/mol. The molecule has 0 aliphatic rings. The van der Waals surface area contributed by atoms with E-state index in [4.69, 9.17) is 4.74 Å². The van der Waals surface area contributed by atoms with Gasteiger partial charge in [-0.2, -0.15) is 0 Å². The Morgan fingerprint density at radius 3 is 2.44 bits per heavy atom. The number of pyridine rings is 1. The van der Waals surface area contributed by atoms with Gasteiger partial charge in [-0.25, -0.2) is 4.98 Å². The van der Waals surface area contributed by atoms with Gasteiger partial charge in [-0.1, -0.05) is 30.3 Å². The van der Waals surface area contributed by atoms with Crippen LogP contribution in [0.3, 0.4) is 0 Å². The third kappa shape index (κ3) is 5.31. The zero-order valence-corrected chi connectivity index (χ0v) is 15.6. The Morgan fingerprint density at radius 2 is 1.74 bits per heavy atom. The van der Waals surface area contributed by atoms with Crippen LogP contribution in [0, 0.1) is 0 Å². The lowest BCUT2D eigenvalue weighted by molar-refractivity contribution is 0.0951. The van der Waals surface area contributed by atoms with Crippen LogP contribution in [-0.2, 0) is 13.2 Å². The fraction of sp³-hybridized carbons (Fsp3) is 0.182. The van der Waals surface area contributed by atoms with Crippen LogP contribution in [0.5, 0.6) is 5.88 Å². The summed E-state index contributed by atoms with van der Waals surface area (Å²) in [5, 5.41) is 2.93. The van der Waals surface area contributed by atoms with E-state index in [1.165, 1.54) is 0 Å². The molecule has 0 fully saturated rings. The average molecular weight is 361 g/mol. The largest absolute Gasteiger partial charge is 0.473 e. The van der Waals surface area contributed by atoms with Crippen molar-refractivity contribution in [3.8, 4) is 5.88 Å². The van der Waals surface area contributed by atoms with E-state index in [9.17, 15) is 4.79 Å². The second-order valence-corrected chi connectivity index (χ2v) is 6.40. The number of hydrogen-bond donors (Lipinski definition) is 1. The molecule has 5 heteroatoms. The Kier molecular flexibility index (Phi) is 6.05. The molecule has 0 radical (unpaired) electrons. The van der Waals surface area contributed by atoms with Crippen molar-refractivity contribution in [1.29, 1.82) is 0 Å². The summed E-state index contributed by atoms with van der Waals surface area (Å²) in [6, 6.07) is 21.1. The summed E-state index contributed by atoms with van der Waals surface area (Å²) in [6.07, 6.45) is 1.69. The number of benzene rings is 2. The fourth-order valence-electron chi connectivity index (χ4n) is 2.57. The standard InChI is InChI=1S/C22H23N3O2/c1-25(2)20-10-8-19(9-11-20)22(26)24-15-18-12-13-23-21(14-18)27-16-17-6-4-3-5-7-17/h3-14H,15-16H2,1-2H3,(H,24,26).